The average molecular weight is 311 g/mol. The maximum atomic E-state index is 3.56. The van der Waals surface area contributed by atoms with Crippen LogP contribution >= 0.6 is 15.9 Å². The monoisotopic (exact) mass is 310 g/mol. The summed E-state index contributed by atoms with van der Waals surface area (Å²) in [7, 11) is 0. The minimum atomic E-state index is 0.935. The van der Waals surface area contributed by atoms with Gasteiger partial charge in [0.15, 0.2) is 0 Å². The molecule has 2 nitrogen and oxygen atoms in total. The zero-order valence-corrected chi connectivity index (χ0v) is 12.5. The van der Waals surface area contributed by atoms with E-state index in [-0.39, 0.29) is 0 Å². The van der Waals surface area contributed by atoms with Crippen molar-refractivity contribution in [3.63, 3.8) is 0 Å². The first kappa shape index (κ1) is 14.0. The van der Waals surface area contributed by atoms with Crippen LogP contribution in [0.25, 0.3) is 0 Å². The summed E-state index contributed by atoms with van der Waals surface area (Å²) in [5, 5.41) is 6.98. The highest BCUT2D eigenvalue weighted by atomic mass is 79.9. The zero-order chi connectivity index (χ0) is 12.6. The van der Waals surface area contributed by atoms with E-state index in [1.54, 1.807) is 0 Å². The summed E-state index contributed by atoms with van der Waals surface area (Å²) < 4.78 is 1.18. The third-order valence-corrected chi connectivity index (χ3v) is 4.16. The van der Waals surface area contributed by atoms with Crippen LogP contribution in [0.2, 0.25) is 0 Å². The molecule has 0 unspecified atom stereocenters. The van der Waals surface area contributed by atoms with Gasteiger partial charge in [-0.2, -0.15) is 0 Å². The molecule has 0 atom stereocenters. The van der Waals surface area contributed by atoms with E-state index in [4.69, 9.17) is 0 Å². The highest BCUT2D eigenvalue weighted by molar-refractivity contribution is 9.10. The number of benzene rings is 1. The van der Waals surface area contributed by atoms with Gasteiger partial charge in [-0.15, -0.1) is 0 Å². The Morgan fingerprint density at radius 2 is 2.06 bits per heavy atom. The normalized spacial score (nSPS) is 16.9. The van der Waals surface area contributed by atoms with Crippen molar-refractivity contribution in [2.75, 3.05) is 26.2 Å². The molecule has 2 rings (SSSR count). The van der Waals surface area contributed by atoms with Crippen LogP contribution in [0.4, 0.5) is 0 Å². The van der Waals surface area contributed by atoms with Gasteiger partial charge in [0.25, 0.3) is 0 Å². The van der Waals surface area contributed by atoms with Gasteiger partial charge in [0.05, 0.1) is 0 Å². The van der Waals surface area contributed by atoms with Crippen molar-refractivity contribution in [1.82, 2.24) is 10.6 Å². The van der Waals surface area contributed by atoms with Crippen molar-refractivity contribution in [3.8, 4) is 0 Å². The van der Waals surface area contributed by atoms with Crippen molar-refractivity contribution in [2.45, 2.75) is 25.7 Å². The van der Waals surface area contributed by atoms with Crippen molar-refractivity contribution >= 4 is 15.9 Å². The van der Waals surface area contributed by atoms with Gasteiger partial charge in [0.1, 0.15) is 0 Å². The molecule has 1 heterocycles. The molecule has 1 aromatic carbocycles. The SMILES string of the molecule is Brc1cccc(CCNCCC2CCNCC2)c1. The van der Waals surface area contributed by atoms with Crippen molar-refractivity contribution in [3.05, 3.63) is 34.3 Å². The van der Waals surface area contributed by atoms with Gasteiger partial charge < -0.3 is 10.6 Å². The molecule has 0 aliphatic carbocycles. The zero-order valence-electron chi connectivity index (χ0n) is 10.9. The Hall–Kier alpha value is -0.380. The third kappa shape index (κ3) is 5.09. The molecule has 1 aromatic rings. The molecule has 0 bridgehead atoms. The number of halogens is 1. The third-order valence-electron chi connectivity index (χ3n) is 3.67. The molecular formula is C15H23BrN2. The standard InChI is InChI=1S/C15H23BrN2/c16-15-3-1-2-14(12-15)7-11-18-10-6-13-4-8-17-9-5-13/h1-3,12-13,17-18H,4-11H2. The summed E-state index contributed by atoms with van der Waals surface area (Å²) in [6.07, 6.45) is 5.16. The molecule has 1 saturated heterocycles. The molecular weight excluding hydrogens is 288 g/mol. The van der Waals surface area contributed by atoms with Gasteiger partial charge in [-0.05, 0) is 75.5 Å². The first-order valence-electron chi connectivity index (χ1n) is 7.00. The number of hydrogen-bond donors (Lipinski definition) is 2. The Morgan fingerprint density at radius 3 is 2.83 bits per heavy atom. The number of nitrogens with one attached hydrogen (secondary N) is 2. The maximum Gasteiger partial charge on any atom is 0.0178 e. The molecule has 3 heteroatoms. The minimum Gasteiger partial charge on any atom is -0.317 e. The van der Waals surface area contributed by atoms with E-state index in [2.05, 4.69) is 50.8 Å². The Morgan fingerprint density at radius 1 is 1.22 bits per heavy atom. The summed E-state index contributed by atoms with van der Waals surface area (Å²) in [5.41, 5.74) is 1.40. The average Bonchev–Trinajstić information content (AvgIpc) is 2.40. The Balaban J connectivity index is 1.55. The smallest absolute Gasteiger partial charge is 0.0178 e. The summed E-state index contributed by atoms with van der Waals surface area (Å²) >= 11 is 3.51. The second kappa shape index (κ2) is 7.93. The molecule has 100 valence electrons. The van der Waals surface area contributed by atoms with Crippen LogP contribution in [-0.4, -0.2) is 26.2 Å². The van der Waals surface area contributed by atoms with Crippen LogP contribution in [0.1, 0.15) is 24.8 Å². The van der Waals surface area contributed by atoms with Gasteiger partial charge >= 0.3 is 0 Å². The van der Waals surface area contributed by atoms with E-state index in [0.717, 1.165) is 18.9 Å². The lowest BCUT2D eigenvalue weighted by Gasteiger charge is -2.22. The summed E-state index contributed by atoms with van der Waals surface area (Å²) in [6.45, 7) is 4.67. The minimum absolute atomic E-state index is 0.935. The van der Waals surface area contributed by atoms with E-state index in [1.807, 2.05) is 0 Å². The Kier molecular flexibility index (Phi) is 6.18. The van der Waals surface area contributed by atoms with Crippen LogP contribution in [0.5, 0.6) is 0 Å². The van der Waals surface area contributed by atoms with Gasteiger partial charge in [0, 0.05) is 4.47 Å². The number of hydrogen-bond acceptors (Lipinski definition) is 2. The van der Waals surface area contributed by atoms with E-state index in [9.17, 15) is 0 Å². The molecule has 2 N–H and O–H groups in total. The fourth-order valence-electron chi connectivity index (χ4n) is 2.53. The first-order valence-corrected chi connectivity index (χ1v) is 7.80. The fourth-order valence-corrected chi connectivity index (χ4v) is 2.97. The maximum absolute atomic E-state index is 3.56. The summed E-state index contributed by atoms with van der Waals surface area (Å²) in [4.78, 5) is 0. The van der Waals surface area contributed by atoms with Crippen molar-refractivity contribution < 1.29 is 0 Å². The second-order valence-corrected chi connectivity index (χ2v) is 6.03. The van der Waals surface area contributed by atoms with E-state index >= 15 is 0 Å². The fraction of sp³-hybridized carbons (Fsp3) is 0.600. The van der Waals surface area contributed by atoms with E-state index in [0.29, 0.717) is 0 Å². The molecule has 0 radical (unpaired) electrons. The molecule has 1 aliphatic heterocycles. The second-order valence-electron chi connectivity index (χ2n) is 5.11. The van der Waals surface area contributed by atoms with Gasteiger partial charge in [0.2, 0.25) is 0 Å². The molecule has 1 fully saturated rings. The lowest BCUT2D eigenvalue weighted by Crippen LogP contribution is -2.30. The van der Waals surface area contributed by atoms with Gasteiger partial charge in [-0.25, -0.2) is 0 Å². The van der Waals surface area contributed by atoms with Crippen LogP contribution in [0.15, 0.2) is 28.7 Å². The van der Waals surface area contributed by atoms with Crippen molar-refractivity contribution in [2.24, 2.45) is 5.92 Å². The van der Waals surface area contributed by atoms with Crippen molar-refractivity contribution in [1.29, 1.82) is 0 Å². The lowest BCUT2D eigenvalue weighted by atomic mass is 9.95. The van der Waals surface area contributed by atoms with Gasteiger partial charge in [-0.3, -0.25) is 0 Å². The molecule has 0 amide bonds. The lowest BCUT2D eigenvalue weighted by molar-refractivity contribution is 0.349. The predicted octanol–water partition coefficient (Wildman–Crippen LogP) is 2.97. The molecule has 18 heavy (non-hydrogen) atoms. The van der Waals surface area contributed by atoms with Crippen LogP contribution in [0, 0.1) is 5.92 Å². The molecule has 0 aromatic heterocycles. The molecule has 0 saturated carbocycles. The first-order chi connectivity index (χ1) is 8.84. The quantitative estimate of drug-likeness (QED) is 0.789. The summed E-state index contributed by atoms with van der Waals surface area (Å²) in [6, 6.07) is 8.58. The highest BCUT2D eigenvalue weighted by Gasteiger charge is 2.11. The molecule has 0 spiro atoms. The number of rotatable bonds is 6. The summed E-state index contributed by atoms with van der Waals surface area (Å²) in [5.74, 6) is 0.935. The Labute approximate surface area is 119 Å². The molecule has 1 aliphatic rings. The topological polar surface area (TPSA) is 24.1 Å². The largest absolute Gasteiger partial charge is 0.317 e. The highest BCUT2D eigenvalue weighted by Crippen LogP contribution is 2.15. The number of piperidine rings is 1. The Bertz CT molecular complexity index is 348. The van der Waals surface area contributed by atoms with E-state index < -0.39 is 0 Å². The van der Waals surface area contributed by atoms with Crippen LogP contribution in [0.3, 0.4) is 0 Å². The predicted molar refractivity (Wildman–Crippen MR) is 80.9 cm³/mol. The van der Waals surface area contributed by atoms with E-state index in [1.165, 1.54) is 48.9 Å². The van der Waals surface area contributed by atoms with Gasteiger partial charge in [-0.1, -0.05) is 28.1 Å². The van der Waals surface area contributed by atoms with Crippen LogP contribution < -0.4 is 10.6 Å². The van der Waals surface area contributed by atoms with Crippen LogP contribution in [-0.2, 0) is 6.42 Å².